The Morgan fingerprint density at radius 2 is 1.55 bits per heavy atom. The highest BCUT2D eigenvalue weighted by Gasteiger charge is 2.12. The lowest BCUT2D eigenvalue weighted by atomic mass is 10.2. The molecule has 0 unspecified atom stereocenters. The van der Waals surface area contributed by atoms with Gasteiger partial charge in [0, 0.05) is 0 Å². The van der Waals surface area contributed by atoms with E-state index < -0.39 is 0 Å². The van der Waals surface area contributed by atoms with E-state index >= 15 is 0 Å². The van der Waals surface area contributed by atoms with Crippen molar-refractivity contribution in [1.82, 2.24) is 9.55 Å². The number of aromatic nitrogens is 2. The molecule has 0 bridgehead atoms. The van der Waals surface area contributed by atoms with Crippen molar-refractivity contribution in [2.45, 2.75) is 20.1 Å². The van der Waals surface area contributed by atoms with Crippen molar-refractivity contribution >= 4 is 11.0 Å². The van der Waals surface area contributed by atoms with Crippen molar-refractivity contribution in [2.75, 3.05) is 13.7 Å². The molecule has 0 saturated heterocycles. The molecule has 0 radical (unpaired) electrons. The number of fused-ring (bicyclic) bond motifs is 1. The molecule has 1 heterocycles. The second-order valence-corrected chi connectivity index (χ2v) is 6.75. The third kappa shape index (κ3) is 4.35. The molecule has 4 rings (SSSR count). The van der Waals surface area contributed by atoms with E-state index in [1.165, 1.54) is 0 Å². The fourth-order valence-electron chi connectivity index (χ4n) is 3.27. The predicted octanol–water partition coefficient (Wildman–Crippen LogP) is 5.01. The van der Waals surface area contributed by atoms with E-state index in [0.717, 1.165) is 39.7 Å². The Balaban J connectivity index is 1.49. The molecular formula is C24H24N2O3. The maximum absolute atomic E-state index is 6.05. The van der Waals surface area contributed by atoms with E-state index in [0.29, 0.717) is 19.8 Å². The highest BCUT2D eigenvalue weighted by Crippen LogP contribution is 2.21. The molecule has 0 fully saturated rings. The number of benzene rings is 3. The van der Waals surface area contributed by atoms with Crippen molar-refractivity contribution in [3.8, 4) is 17.2 Å². The summed E-state index contributed by atoms with van der Waals surface area (Å²) in [5.74, 6) is 3.38. The van der Waals surface area contributed by atoms with Crippen LogP contribution in [0.2, 0.25) is 0 Å². The molecule has 148 valence electrons. The maximum Gasteiger partial charge on any atom is 0.148 e. The van der Waals surface area contributed by atoms with Crippen molar-refractivity contribution < 1.29 is 14.2 Å². The number of rotatable bonds is 8. The predicted molar refractivity (Wildman–Crippen MR) is 114 cm³/mol. The van der Waals surface area contributed by atoms with Gasteiger partial charge in [0.05, 0.1) is 24.7 Å². The number of nitrogens with zero attached hydrogens (tertiary/aromatic N) is 2. The van der Waals surface area contributed by atoms with Crippen LogP contribution in [0.4, 0.5) is 0 Å². The van der Waals surface area contributed by atoms with Crippen molar-refractivity contribution in [1.29, 1.82) is 0 Å². The summed E-state index contributed by atoms with van der Waals surface area (Å²) in [6.07, 6.45) is 0. The molecule has 0 spiro atoms. The third-order valence-electron chi connectivity index (χ3n) is 4.83. The first-order valence-corrected chi connectivity index (χ1v) is 9.64. The average molecular weight is 388 g/mol. The third-order valence-corrected chi connectivity index (χ3v) is 4.83. The van der Waals surface area contributed by atoms with Gasteiger partial charge in [-0.25, -0.2) is 4.98 Å². The number of hydrogen-bond acceptors (Lipinski definition) is 4. The summed E-state index contributed by atoms with van der Waals surface area (Å²) in [4.78, 5) is 4.77. The normalized spacial score (nSPS) is 10.8. The van der Waals surface area contributed by atoms with Gasteiger partial charge < -0.3 is 18.8 Å². The zero-order valence-electron chi connectivity index (χ0n) is 16.7. The molecule has 0 aliphatic rings. The Labute approximate surface area is 170 Å². The van der Waals surface area contributed by atoms with Gasteiger partial charge in [0.1, 0.15) is 36.3 Å². The van der Waals surface area contributed by atoms with Gasteiger partial charge in [0.15, 0.2) is 0 Å². The summed E-state index contributed by atoms with van der Waals surface area (Å²) < 4.78 is 19.3. The van der Waals surface area contributed by atoms with E-state index in [1.54, 1.807) is 7.11 Å². The highest BCUT2D eigenvalue weighted by molar-refractivity contribution is 5.75. The zero-order valence-corrected chi connectivity index (χ0v) is 16.7. The van der Waals surface area contributed by atoms with Crippen LogP contribution in [0.5, 0.6) is 17.2 Å². The van der Waals surface area contributed by atoms with Crippen LogP contribution in [-0.4, -0.2) is 23.3 Å². The van der Waals surface area contributed by atoms with Gasteiger partial charge in [-0.05, 0) is 55.0 Å². The fraction of sp³-hybridized carbons (Fsp3) is 0.208. The van der Waals surface area contributed by atoms with Gasteiger partial charge in [-0.1, -0.05) is 30.3 Å². The molecule has 4 aromatic rings. The average Bonchev–Trinajstić information content (AvgIpc) is 3.11. The number of methoxy groups -OCH3 is 1. The minimum Gasteiger partial charge on any atom is -0.497 e. The van der Waals surface area contributed by atoms with Crippen LogP contribution < -0.4 is 14.2 Å². The number of imidazole rings is 1. The quantitative estimate of drug-likeness (QED) is 0.426. The number of aryl methyl sites for hydroxylation is 1. The summed E-state index contributed by atoms with van der Waals surface area (Å²) in [7, 11) is 1.65. The monoisotopic (exact) mass is 388 g/mol. The first-order valence-electron chi connectivity index (χ1n) is 9.64. The van der Waals surface area contributed by atoms with E-state index in [-0.39, 0.29) is 0 Å². The van der Waals surface area contributed by atoms with Gasteiger partial charge in [-0.2, -0.15) is 0 Å². The molecule has 29 heavy (non-hydrogen) atoms. The van der Waals surface area contributed by atoms with Crippen molar-refractivity contribution in [3.63, 3.8) is 0 Å². The van der Waals surface area contributed by atoms with Crippen LogP contribution in [0, 0.1) is 6.92 Å². The Morgan fingerprint density at radius 3 is 2.34 bits per heavy atom. The largest absolute Gasteiger partial charge is 0.497 e. The molecule has 0 aliphatic carbocycles. The van der Waals surface area contributed by atoms with Gasteiger partial charge in [-0.15, -0.1) is 0 Å². The topological polar surface area (TPSA) is 45.5 Å². The summed E-state index contributed by atoms with van der Waals surface area (Å²) in [6, 6.07) is 23.7. The van der Waals surface area contributed by atoms with E-state index in [2.05, 4.69) is 10.6 Å². The van der Waals surface area contributed by atoms with Crippen LogP contribution >= 0.6 is 0 Å². The fourth-order valence-corrected chi connectivity index (χ4v) is 3.27. The molecule has 0 amide bonds. The van der Waals surface area contributed by atoms with Crippen LogP contribution in [0.15, 0.2) is 72.8 Å². The number of hydrogen-bond donors (Lipinski definition) is 0. The molecule has 3 aromatic carbocycles. The van der Waals surface area contributed by atoms with Crippen LogP contribution in [0.25, 0.3) is 11.0 Å². The smallest absolute Gasteiger partial charge is 0.148 e. The van der Waals surface area contributed by atoms with Gasteiger partial charge >= 0.3 is 0 Å². The Kier molecular flexibility index (Phi) is 5.66. The molecule has 1 aromatic heterocycles. The summed E-state index contributed by atoms with van der Waals surface area (Å²) in [5.41, 5.74) is 3.15. The second-order valence-electron chi connectivity index (χ2n) is 6.75. The zero-order chi connectivity index (χ0) is 20.1. The molecule has 5 heteroatoms. The lowest BCUT2D eigenvalue weighted by molar-refractivity contribution is 0.271. The minimum absolute atomic E-state index is 0.405. The van der Waals surface area contributed by atoms with E-state index in [4.69, 9.17) is 19.2 Å². The van der Waals surface area contributed by atoms with Crippen molar-refractivity contribution in [3.05, 3.63) is 84.2 Å². The van der Waals surface area contributed by atoms with E-state index in [9.17, 15) is 0 Å². The lowest BCUT2D eigenvalue weighted by Crippen LogP contribution is -2.13. The van der Waals surface area contributed by atoms with Crippen molar-refractivity contribution in [2.24, 2.45) is 0 Å². The molecule has 5 nitrogen and oxygen atoms in total. The van der Waals surface area contributed by atoms with Gasteiger partial charge in [-0.3, -0.25) is 0 Å². The first-order chi connectivity index (χ1) is 14.2. The van der Waals surface area contributed by atoms with E-state index in [1.807, 2.05) is 73.7 Å². The Morgan fingerprint density at radius 1 is 0.828 bits per heavy atom. The Bertz CT molecular complexity index is 1090. The van der Waals surface area contributed by atoms with Crippen LogP contribution in [0.1, 0.15) is 11.4 Å². The van der Waals surface area contributed by atoms with Crippen LogP contribution in [-0.2, 0) is 13.2 Å². The minimum atomic E-state index is 0.405. The molecule has 0 aliphatic heterocycles. The van der Waals surface area contributed by atoms with Gasteiger partial charge in [0.25, 0.3) is 0 Å². The summed E-state index contributed by atoms with van der Waals surface area (Å²) in [6.45, 7) is 3.66. The standard InChI is InChI=1S/C24H24N2O3/c1-18-7-3-6-10-23(18)29-17-24-25-21-8-4-5-9-22(21)26(24)15-16-28-20-13-11-19(27-2)12-14-20/h3-14H,15-17H2,1-2H3. The first kappa shape index (κ1) is 18.9. The molecule has 0 N–H and O–H groups in total. The molecular weight excluding hydrogens is 364 g/mol. The summed E-state index contributed by atoms with van der Waals surface area (Å²) >= 11 is 0. The molecule has 0 saturated carbocycles. The number of ether oxygens (including phenoxy) is 3. The lowest BCUT2D eigenvalue weighted by Gasteiger charge is -2.13. The number of para-hydroxylation sites is 3. The van der Waals surface area contributed by atoms with Crippen LogP contribution in [0.3, 0.4) is 0 Å². The SMILES string of the molecule is COc1ccc(OCCn2c(COc3ccccc3C)nc3ccccc32)cc1. The summed E-state index contributed by atoms with van der Waals surface area (Å²) in [5, 5.41) is 0. The second kappa shape index (κ2) is 8.69. The molecule has 0 atom stereocenters. The van der Waals surface area contributed by atoms with Gasteiger partial charge in [0.2, 0.25) is 0 Å². The maximum atomic E-state index is 6.05. The highest BCUT2D eigenvalue weighted by atomic mass is 16.5. The Hall–Kier alpha value is -3.47.